The lowest BCUT2D eigenvalue weighted by Gasteiger charge is -2.28. The summed E-state index contributed by atoms with van der Waals surface area (Å²) >= 11 is 0. The first-order valence-electron chi connectivity index (χ1n) is 17.6. The van der Waals surface area contributed by atoms with Gasteiger partial charge in [0.2, 0.25) is 0 Å². The van der Waals surface area contributed by atoms with Gasteiger partial charge in [-0.3, -0.25) is 0 Å². The standard InChI is InChI=1S/C50H33N/c1-2-10-35(11-3-1)46-15-8-9-17-49(46)51(43-30-31-45-41(32-43)25-21-36-12-4-6-14-44(36)45)42-28-26-34(27-29-42)40-24-20-38-19-23-39-22-18-37-13-5-7-16-47(37)50(39)48(38)33-40/h1-33H. The molecule has 10 aromatic rings. The zero-order chi connectivity index (χ0) is 33.7. The Balaban J connectivity index is 1.13. The van der Waals surface area contributed by atoms with Crippen LogP contribution in [0.1, 0.15) is 0 Å². The topological polar surface area (TPSA) is 3.24 Å². The summed E-state index contributed by atoms with van der Waals surface area (Å²) in [7, 11) is 0. The molecular formula is C50H33N. The fourth-order valence-electron chi connectivity index (χ4n) is 7.91. The highest BCUT2D eigenvalue weighted by Gasteiger charge is 2.18. The van der Waals surface area contributed by atoms with E-state index < -0.39 is 0 Å². The molecule has 0 saturated carbocycles. The third kappa shape index (κ3) is 5.02. The number of nitrogens with zero attached hydrogens (tertiary/aromatic N) is 1. The minimum absolute atomic E-state index is 1.11. The number of benzene rings is 10. The molecule has 1 heteroatoms. The quantitative estimate of drug-likeness (QED) is 0.168. The van der Waals surface area contributed by atoms with Crippen molar-refractivity contribution in [1.29, 1.82) is 0 Å². The molecule has 0 aromatic heterocycles. The molecule has 0 aliphatic carbocycles. The van der Waals surface area contributed by atoms with Crippen molar-refractivity contribution < 1.29 is 0 Å². The van der Waals surface area contributed by atoms with Crippen molar-refractivity contribution in [1.82, 2.24) is 0 Å². The Labute approximate surface area is 297 Å². The van der Waals surface area contributed by atoms with Crippen molar-refractivity contribution in [3.05, 3.63) is 200 Å². The van der Waals surface area contributed by atoms with Gasteiger partial charge in [0.15, 0.2) is 0 Å². The monoisotopic (exact) mass is 647 g/mol. The molecule has 0 N–H and O–H groups in total. The molecule has 238 valence electrons. The third-order valence-corrected chi connectivity index (χ3v) is 10.4. The van der Waals surface area contributed by atoms with E-state index in [0.29, 0.717) is 0 Å². The van der Waals surface area contributed by atoms with E-state index in [0.717, 1.165) is 17.1 Å². The zero-order valence-corrected chi connectivity index (χ0v) is 28.0. The van der Waals surface area contributed by atoms with Crippen LogP contribution in [0.4, 0.5) is 17.1 Å². The summed E-state index contributed by atoms with van der Waals surface area (Å²) in [5.74, 6) is 0. The number of rotatable bonds is 5. The number of hydrogen-bond donors (Lipinski definition) is 0. The van der Waals surface area contributed by atoms with Crippen LogP contribution in [0.25, 0.3) is 76.1 Å². The van der Waals surface area contributed by atoms with Gasteiger partial charge in [-0.1, -0.05) is 164 Å². The van der Waals surface area contributed by atoms with Gasteiger partial charge in [0, 0.05) is 16.9 Å². The normalized spacial score (nSPS) is 11.5. The molecule has 0 saturated heterocycles. The Kier molecular flexibility index (Phi) is 6.89. The minimum Gasteiger partial charge on any atom is -0.310 e. The Morgan fingerprint density at radius 3 is 1.63 bits per heavy atom. The SMILES string of the molecule is c1ccc(-c2ccccc2N(c2ccc(-c3ccc4ccc5ccc6ccccc6c5c4c3)cc2)c2ccc3c(ccc4ccccc43)c2)cc1. The van der Waals surface area contributed by atoms with E-state index in [4.69, 9.17) is 0 Å². The van der Waals surface area contributed by atoms with Gasteiger partial charge in [-0.15, -0.1) is 0 Å². The highest BCUT2D eigenvalue weighted by Crippen LogP contribution is 2.43. The number of para-hydroxylation sites is 1. The second-order valence-corrected chi connectivity index (χ2v) is 13.3. The molecule has 51 heavy (non-hydrogen) atoms. The third-order valence-electron chi connectivity index (χ3n) is 10.4. The first-order chi connectivity index (χ1) is 25.3. The lowest BCUT2D eigenvalue weighted by molar-refractivity contribution is 1.29. The van der Waals surface area contributed by atoms with Gasteiger partial charge in [-0.25, -0.2) is 0 Å². The van der Waals surface area contributed by atoms with Gasteiger partial charge in [0.1, 0.15) is 0 Å². The number of anilines is 3. The van der Waals surface area contributed by atoms with E-state index in [1.807, 2.05) is 0 Å². The highest BCUT2D eigenvalue weighted by atomic mass is 15.1. The van der Waals surface area contributed by atoms with E-state index in [-0.39, 0.29) is 0 Å². The molecule has 0 aliphatic heterocycles. The molecule has 0 bridgehead atoms. The molecular weight excluding hydrogens is 615 g/mol. The zero-order valence-electron chi connectivity index (χ0n) is 28.0. The van der Waals surface area contributed by atoms with Crippen LogP contribution in [0.15, 0.2) is 200 Å². The summed E-state index contributed by atoms with van der Waals surface area (Å²) in [5, 5.41) is 12.7. The summed E-state index contributed by atoms with van der Waals surface area (Å²) in [6, 6.07) is 73.1. The Hall–Kier alpha value is -6.70. The van der Waals surface area contributed by atoms with Crippen molar-refractivity contribution in [3.8, 4) is 22.3 Å². The van der Waals surface area contributed by atoms with E-state index >= 15 is 0 Å². The lowest BCUT2D eigenvalue weighted by Crippen LogP contribution is -2.11. The van der Waals surface area contributed by atoms with Gasteiger partial charge in [-0.2, -0.15) is 0 Å². The lowest BCUT2D eigenvalue weighted by atomic mass is 9.94. The molecule has 0 amide bonds. The summed E-state index contributed by atoms with van der Waals surface area (Å²) < 4.78 is 0. The van der Waals surface area contributed by atoms with E-state index in [1.165, 1.54) is 76.1 Å². The van der Waals surface area contributed by atoms with Crippen LogP contribution in [-0.2, 0) is 0 Å². The molecule has 0 radical (unpaired) electrons. The van der Waals surface area contributed by atoms with Crippen molar-refractivity contribution in [2.24, 2.45) is 0 Å². The van der Waals surface area contributed by atoms with Gasteiger partial charge in [0.05, 0.1) is 5.69 Å². The highest BCUT2D eigenvalue weighted by molar-refractivity contribution is 6.20. The fourth-order valence-corrected chi connectivity index (χ4v) is 7.91. The van der Waals surface area contributed by atoms with Crippen molar-refractivity contribution in [2.75, 3.05) is 4.90 Å². The van der Waals surface area contributed by atoms with Crippen LogP contribution in [-0.4, -0.2) is 0 Å². The predicted molar refractivity (Wildman–Crippen MR) is 220 cm³/mol. The summed E-state index contributed by atoms with van der Waals surface area (Å²) in [5.41, 5.74) is 8.16. The van der Waals surface area contributed by atoms with Crippen LogP contribution in [0.3, 0.4) is 0 Å². The fraction of sp³-hybridized carbons (Fsp3) is 0. The maximum atomic E-state index is 2.40. The average molecular weight is 648 g/mol. The Morgan fingerprint density at radius 2 is 0.824 bits per heavy atom. The minimum atomic E-state index is 1.11. The average Bonchev–Trinajstić information content (AvgIpc) is 3.21. The number of hydrogen-bond acceptors (Lipinski definition) is 1. The van der Waals surface area contributed by atoms with Crippen LogP contribution >= 0.6 is 0 Å². The van der Waals surface area contributed by atoms with E-state index in [1.54, 1.807) is 0 Å². The summed E-state index contributed by atoms with van der Waals surface area (Å²) in [6.07, 6.45) is 0. The van der Waals surface area contributed by atoms with Gasteiger partial charge in [0.25, 0.3) is 0 Å². The van der Waals surface area contributed by atoms with Crippen molar-refractivity contribution in [2.45, 2.75) is 0 Å². The van der Waals surface area contributed by atoms with Crippen LogP contribution in [0, 0.1) is 0 Å². The van der Waals surface area contributed by atoms with Crippen LogP contribution < -0.4 is 4.90 Å². The first-order valence-corrected chi connectivity index (χ1v) is 17.6. The summed E-state index contributed by atoms with van der Waals surface area (Å²) in [6.45, 7) is 0. The second-order valence-electron chi connectivity index (χ2n) is 13.3. The van der Waals surface area contributed by atoms with Crippen LogP contribution in [0.5, 0.6) is 0 Å². The largest absolute Gasteiger partial charge is 0.310 e. The first kappa shape index (κ1) is 29.2. The molecule has 0 unspecified atom stereocenters. The molecule has 0 heterocycles. The molecule has 0 spiro atoms. The smallest absolute Gasteiger partial charge is 0.0540 e. The molecule has 0 aliphatic rings. The molecule has 0 fully saturated rings. The molecule has 1 nitrogen and oxygen atoms in total. The maximum Gasteiger partial charge on any atom is 0.0540 e. The van der Waals surface area contributed by atoms with E-state index in [2.05, 4.69) is 205 Å². The van der Waals surface area contributed by atoms with Crippen molar-refractivity contribution >= 4 is 70.9 Å². The molecule has 10 aromatic carbocycles. The molecule has 10 rings (SSSR count). The van der Waals surface area contributed by atoms with E-state index in [9.17, 15) is 0 Å². The Morgan fingerprint density at radius 1 is 0.275 bits per heavy atom. The van der Waals surface area contributed by atoms with Crippen LogP contribution in [0.2, 0.25) is 0 Å². The van der Waals surface area contributed by atoms with Gasteiger partial charge >= 0.3 is 0 Å². The van der Waals surface area contributed by atoms with Crippen molar-refractivity contribution in [3.63, 3.8) is 0 Å². The van der Waals surface area contributed by atoms with Gasteiger partial charge < -0.3 is 4.90 Å². The predicted octanol–water partition coefficient (Wildman–Crippen LogP) is 14.3. The number of fused-ring (bicyclic) bond motifs is 8. The Bertz CT molecular complexity index is 2900. The maximum absolute atomic E-state index is 2.40. The van der Waals surface area contributed by atoms with Gasteiger partial charge in [-0.05, 0) is 107 Å². The molecule has 0 atom stereocenters. The second kappa shape index (κ2) is 12.0. The summed E-state index contributed by atoms with van der Waals surface area (Å²) in [4.78, 5) is 2.40.